The van der Waals surface area contributed by atoms with E-state index in [-0.39, 0.29) is 17.9 Å². The Balaban J connectivity index is 1.57. The molecule has 0 bridgehead atoms. The smallest absolute Gasteiger partial charge is 0.249 e. The van der Waals surface area contributed by atoms with E-state index in [0.717, 1.165) is 28.3 Å². The quantitative estimate of drug-likeness (QED) is 0.481. The number of anilines is 2. The van der Waals surface area contributed by atoms with E-state index in [1.54, 1.807) is 12.0 Å². The van der Waals surface area contributed by atoms with Gasteiger partial charge in [0.05, 0.1) is 18.8 Å². The zero-order chi connectivity index (χ0) is 20.5. The molecule has 8 heteroatoms. The maximum Gasteiger partial charge on any atom is 0.249 e. The summed E-state index contributed by atoms with van der Waals surface area (Å²) < 4.78 is 5.19. The van der Waals surface area contributed by atoms with Gasteiger partial charge in [-0.1, -0.05) is 24.3 Å². The number of aromatic nitrogens is 1. The summed E-state index contributed by atoms with van der Waals surface area (Å²) >= 11 is 7.72. The van der Waals surface area contributed by atoms with Gasteiger partial charge in [-0.3, -0.25) is 14.5 Å². The number of thiazole rings is 1. The lowest BCUT2D eigenvalue weighted by Crippen LogP contribution is -2.56. The van der Waals surface area contributed by atoms with Gasteiger partial charge in [0.2, 0.25) is 11.8 Å². The molecule has 2 heterocycles. The van der Waals surface area contributed by atoms with Crippen molar-refractivity contribution >= 4 is 45.6 Å². The number of rotatable bonds is 5. The molecule has 1 aliphatic rings. The van der Waals surface area contributed by atoms with Gasteiger partial charge < -0.3 is 10.1 Å². The molecule has 0 spiro atoms. The molecule has 2 amide bonds. The first-order valence-electron chi connectivity index (χ1n) is 8.92. The minimum Gasteiger partial charge on any atom is -0.497 e. The molecule has 1 aromatic heterocycles. The average molecular weight is 428 g/mol. The summed E-state index contributed by atoms with van der Waals surface area (Å²) in [5.74, 6) is 0.468. The van der Waals surface area contributed by atoms with Crippen LogP contribution in [0.5, 0.6) is 5.75 Å². The van der Waals surface area contributed by atoms with Crippen molar-refractivity contribution in [1.82, 2.24) is 4.98 Å². The summed E-state index contributed by atoms with van der Waals surface area (Å²) in [6.07, 6.45) is 0. The van der Waals surface area contributed by atoms with Crippen molar-refractivity contribution in [2.75, 3.05) is 17.3 Å². The molecule has 1 N–H and O–H groups in total. The van der Waals surface area contributed by atoms with Gasteiger partial charge in [0.25, 0.3) is 0 Å². The molecule has 148 valence electrons. The number of ether oxygens (including phenoxy) is 1. The maximum absolute atomic E-state index is 12.5. The predicted octanol–water partition coefficient (Wildman–Crippen LogP) is 4.47. The second kappa shape index (κ2) is 7.85. The number of halogens is 1. The van der Waals surface area contributed by atoms with Crippen LogP contribution in [0.3, 0.4) is 0 Å². The molecule has 0 radical (unpaired) electrons. The number of amides is 2. The zero-order valence-electron chi connectivity index (χ0n) is 15.8. The maximum atomic E-state index is 12.5. The van der Waals surface area contributed by atoms with Gasteiger partial charge in [0.1, 0.15) is 11.1 Å². The average Bonchev–Trinajstić information content (AvgIpc) is 3.20. The minimum absolute atomic E-state index is 0.120. The van der Waals surface area contributed by atoms with Crippen molar-refractivity contribution in [1.29, 1.82) is 0 Å². The van der Waals surface area contributed by atoms with Gasteiger partial charge in [-0.25, -0.2) is 4.98 Å². The van der Waals surface area contributed by atoms with E-state index < -0.39 is 5.38 Å². The van der Waals surface area contributed by atoms with E-state index in [0.29, 0.717) is 5.13 Å². The molecule has 6 nitrogen and oxygen atoms in total. The third-order valence-corrected chi connectivity index (χ3v) is 5.95. The first kappa shape index (κ1) is 19.4. The second-order valence-electron chi connectivity index (χ2n) is 6.60. The van der Waals surface area contributed by atoms with Gasteiger partial charge in [-0.15, -0.1) is 22.9 Å². The minimum atomic E-state index is -0.618. The van der Waals surface area contributed by atoms with Crippen LogP contribution in [0.4, 0.5) is 10.8 Å². The monoisotopic (exact) mass is 427 g/mol. The lowest BCUT2D eigenvalue weighted by Gasteiger charge is -2.42. The van der Waals surface area contributed by atoms with E-state index in [2.05, 4.69) is 10.3 Å². The van der Waals surface area contributed by atoms with E-state index in [9.17, 15) is 9.59 Å². The Morgan fingerprint density at radius 1 is 1.17 bits per heavy atom. The fourth-order valence-corrected chi connectivity index (χ4v) is 4.46. The fraction of sp³-hybridized carbons (Fsp3) is 0.190. The van der Waals surface area contributed by atoms with E-state index in [1.165, 1.54) is 18.3 Å². The topological polar surface area (TPSA) is 71.5 Å². The zero-order valence-corrected chi connectivity index (χ0v) is 17.3. The molecule has 29 heavy (non-hydrogen) atoms. The molecule has 2 unspecified atom stereocenters. The van der Waals surface area contributed by atoms with Crippen LogP contribution in [0.25, 0.3) is 11.3 Å². The third kappa shape index (κ3) is 3.71. The van der Waals surface area contributed by atoms with Crippen molar-refractivity contribution in [3.8, 4) is 17.0 Å². The van der Waals surface area contributed by atoms with Gasteiger partial charge >= 0.3 is 0 Å². The summed E-state index contributed by atoms with van der Waals surface area (Å²) in [4.78, 5) is 29.9. The van der Waals surface area contributed by atoms with Crippen LogP contribution in [0.15, 0.2) is 53.9 Å². The molecular formula is C21H18ClN3O3S. The van der Waals surface area contributed by atoms with Crippen molar-refractivity contribution in [2.24, 2.45) is 0 Å². The Hall–Kier alpha value is -2.90. The number of alkyl halides is 1. The largest absolute Gasteiger partial charge is 0.497 e. The Morgan fingerprint density at radius 3 is 2.48 bits per heavy atom. The standard InChI is InChI=1S/C21H18ClN3O3S/c1-12(26)23-15-7-3-13(4-8-15)17-11-29-21(24-17)25-19(18(22)20(25)27)14-5-9-16(28-2)10-6-14/h3-11,18-19H,1-2H3,(H,23,26). The van der Waals surface area contributed by atoms with Crippen LogP contribution in [0, 0.1) is 0 Å². The number of carbonyl (C=O) groups is 2. The molecule has 2 atom stereocenters. The lowest BCUT2D eigenvalue weighted by molar-refractivity contribution is -0.123. The Kier molecular flexibility index (Phi) is 5.25. The van der Waals surface area contributed by atoms with Crippen molar-refractivity contribution < 1.29 is 14.3 Å². The van der Waals surface area contributed by atoms with Crippen LogP contribution in [-0.2, 0) is 9.59 Å². The van der Waals surface area contributed by atoms with Gasteiger partial charge in [-0.2, -0.15) is 0 Å². The highest BCUT2D eigenvalue weighted by molar-refractivity contribution is 7.14. The second-order valence-corrected chi connectivity index (χ2v) is 7.91. The number of hydrogen-bond donors (Lipinski definition) is 1. The van der Waals surface area contributed by atoms with E-state index in [1.807, 2.05) is 53.9 Å². The van der Waals surface area contributed by atoms with Crippen molar-refractivity contribution in [3.63, 3.8) is 0 Å². The van der Waals surface area contributed by atoms with Crippen molar-refractivity contribution in [2.45, 2.75) is 18.3 Å². The number of carbonyl (C=O) groups excluding carboxylic acids is 2. The molecule has 1 fully saturated rings. The molecular weight excluding hydrogens is 410 g/mol. The van der Waals surface area contributed by atoms with Crippen LogP contribution < -0.4 is 15.0 Å². The number of methoxy groups -OCH3 is 1. The summed E-state index contributed by atoms with van der Waals surface area (Å²) in [6.45, 7) is 1.47. The number of nitrogens with one attached hydrogen (secondary N) is 1. The summed E-state index contributed by atoms with van der Waals surface area (Å²) in [7, 11) is 1.61. The summed E-state index contributed by atoms with van der Waals surface area (Å²) in [5, 5.41) is 4.63. The number of nitrogens with zero attached hydrogens (tertiary/aromatic N) is 2. The normalized spacial score (nSPS) is 18.3. The Labute approximate surface area is 177 Å². The number of hydrogen-bond acceptors (Lipinski definition) is 5. The molecule has 3 aromatic rings. The van der Waals surface area contributed by atoms with Crippen LogP contribution in [0.2, 0.25) is 0 Å². The van der Waals surface area contributed by atoms with Crippen molar-refractivity contribution in [3.05, 3.63) is 59.5 Å². The highest BCUT2D eigenvalue weighted by Crippen LogP contribution is 2.44. The molecule has 0 aliphatic carbocycles. The van der Waals surface area contributed by atoms with Crippen LogP contribution >= 0.6 is 22.9 Å². The third-order valence-electron chi connectivity index (χ3n) is 4.69. The molecule has 4 rings (SSSR count). The predicted molar refractivity (Wildman–Crippen MR) is 115 cm³/mol. The first-order valence-corrected chi connectivity index (χ1v) is 10.2. The van der Waals surface area contributed by atoms with E-state index in [4.69, 9.17) is 16.3 Å². The molecule has 0 saturated carbocycles. The first-order chi connectivity index (χ1) is 14.0. The Bertz CT molecular complexity index is 1050. The summed E-state index contributed by atoms with van der Waals surface area (Å²) in [5.41, 5.74) is 3.32. The SMILES string of the molecule is COc1ccc(C2C(Cl)C(=O)N2c2nc(-c3ccc(NC(C)=O)cc3)cs2)cc1. The molecule has 2 aromatic carbocycles. The molecule has 1 aliphatic heterocycles. The van der Waals surface area contributed by atoms with E-state index >= 15 is 0 Å². The van der Waals surface area contributed by atoms with Crippen LogP contribution in [0.1, 0.15) is 18.5 Å². The lowest BCUT2D eigenvalue weighted by atomic mass is 9.94. The number of benzene rings is 2. The molecule has 1 saturated heterocycles. The summed E-state index contributed by atoms with van der Waals surface area (Å²) in [6, 6.07) is 14.7. The fourth-order valence-electron chi connectivity index (χ4n) is 3.22. The Morgan fingerprint density at radius 2 is 1.86 bits per heavy atom. The van der Waals surface area contributed by atoms with Gasteiger partial charge in [-0.05, 0) is 29.8 Å². The van der Waals surface area contributed by atoms with Gasteiger partial charge in [0.15, 0.2) is 5.13 Å². The van der Waals surface area contributed by atoms with Gasteiger partial charge in [0, 0.05) is 23.6 Å². The highest BCUT2D eigenvalue weighted by Gasteiger charge is 2.49. The number of β-lactam (4-membered cyclic amide) rings is 1. The highest BCUT2D eigenvalue weighted by atomic mass is 35.5. The van der Waals surface area contributed by atoms with Crippen LogP contribution in [-0.4, -0.2) is 29.3 Å².